The molecule has 1 rings (SSSR count). The first-order chi connectivity index (χ1) is 12.0. The zero-order valence-electron chi connectivity index (χ0n) is 15.7. The lowest BCUT2D eigenvalue weighted by molar-refractivity contribution is -0.148. The van der Waals surface area contributed by atoms with Crippen LogP contribution in [-0.2, 0) is 19.1 Å². The van der Waals surface area contributed by atoms with Crippen LogP contribution in [-0.4, -0.2) is 63.1 Å². The summed E-state index contributed by atoms with van der Waals surface area (Å²) in [5.74, 6) is -1.28. The third-order valence-corrected chi connectivity index (χ3v) is 4.67. The van der Waals surface area contributed by atoms with Gasteiger partial charge in [0.05, 0.1) is 0 Å². The maximum atomic E-state index is 12.1. The highest BCUT2D eigenvalue weighted by Crippen LogP contribution is 2.27. The Hall–Kier alpha value is -1.77. The number of aliphatic carboxylic acids is 1. The summed E-state index contributed by atoms with van der Waals surface area (Å²) in [6.07, 6.45) is 1.10. The first-order valence-corrected chi connectivity index (χ1v) is 9.54. The van der Waals surface area contributed by atoms with E-state index < -0.39 is 23.7 Å². The number of likely N-dealkylation sites (tertiary alicyclic amines) is 1. The molecule has 2 atom stereocenters. The van der Waals surface area contributed by atoms with E-state index in [1.165, 1.54) is 11.8 Å². The van der Waals surface area contributed by atoms with Gasteiger partial charge in [-0.3, -0.25) is 9.59 Å². The monoisotopic (exact) mass is 388 g/mol. The number of carboxylic acids is 1. The van der Waals surface area contributed by atoms with Gasteiger partial charge in [0.15, 0.2) is 5.12 Å². The van der Waals surface area contributed by atoms with E-state index in [2.05, 4.69) is 5.32 Å². The average Bonchev–Trinajstić information content (AvgIpc) is 2.79. The Kier molecular flexibility index (Phi) is 8.39. The highest BCUT2D eigenvalue weighted by Gasteiger charge is 2.38. The predicted octanol–water partition coefficient (Wildman–Crippen LogP) is 2.02. The van der Waals surface area contributed by atoms with Gasteiger partial charge in [-0.05, 0) is 40.0 Å². The van der Waals surface area contributed by atoms with Crippen molar-refractivity contribution in [1.82, 2.24) is 10.2 Å². The molecule has 1 aliphatic heterocycles. The van der Waals surface area contributed by atoms with Crippen LogP contribution in [0.3, 0.4) is 0 Å². The Bertz CT molecular complexity index is 546. The van der Waals surface area contributed by atoms with Gasteiger partial charge in [-0.25, -0.2) is 9.59 Å². The standard InChI is InChI=1S/C17H28N2O6S/c1-11(20)26-12-9-14(21)19(10-12)13(15(22)23)7-5-6-8-18-16(24)25-17(2,3)4/h12-13H,5-10H2,1-4H3,(H,18,24)(H,22,23)/t12?,13-/m0/s1. The molecule has 2 amide bonds. The van der Waals surface area contributed by atoms with E-state index in [4.69, 9.17) is 4.74 Å². The number of amides is 2. The van der Waals surface area contributed by atoms with E-state index in [0.29, 0.717) is 25.8 Å². The number of hydrogen-bond acceptors (Lipinski definition) is 6. The molecule has 0 aromatic heterocycles. The summed E-state index contributed by atoms with van der Waals surface area (Å²) >= 11 is 1.08. The molecule has 26 heavy (non-hydrogen) atoms. The number of carbonyl (C=O) groups excluding carboxylic acids is 3. The number of ether oxygens (including phenoxy) is 1. The molecule has 148 valence electrons. The second-order valence-corrected chi connectivity index (χ2v) is 8.74. The normalized spacial score (nSPS) is 18.5. The fourth-order valence-corrected chi connectivity index (χ4v) is 3.62. The molecule has 9 heteroatoms. The molecule has 1 heterocycles. The van der Waals surface area contributed by atoms with Crippen LogP contribution in [0, 0.1) is 0 Å². The summed E-state index contributed by atoms with van der Waals surface area (Å²) in [6.45, 7) is 7.40. The largest absolute Gasteiger partial charge is 0.480 e. The van der Waals surface area contributed by atoms with E-state index >= 15 is 0 Å². The van der Waals surface area contributed by atoms with Crippen molar-refractivity contribution in [2.75, 3.05) is 13.1 Å². The van der Waals surface area contributed by atoms with Crippen LogP contribution < -0.4 is 5.32 Å². The summed E-state index contributed by atoms with van der Waals surface area (Å²) in [6, 6.07) is -0.901. The molecule has 1 aliphatic rings. The van der Waals surface area contributed by atoms with Gasteiger partial charge >= 0.3 is 12.1 Å². The summed E-state index contributed by atoms with van der Waals surface area (Å²) in [5.41, 5.74) is -0.566. The first-order valence-electron chi connectivity index (χ1n) is 8.66. The third-order valence-electron chi connectivity index (χ3n) is 3.69. The van der Waals surface area contributed by atoms with Crippen LogP contribution in [0.1, 0.15) is 53.4 Å². The van der Waals surface area contributed by atoms with Gasteiger partial charge in [-0.2, -0.15) is 0 Å². The first kappa shape index (κ1) is 22.3. The molecule has 2 N–H and O–H groups in total. The Morgan fingerprint density at radius 2 is 2.00 bits per heavy atom. The zero-order chi connectivity index (χ0) is 19.9. The van der Waals surface area contributed by atoms with E-state index in [1.807, 2.05) is 0 Å². The maximum absolute atomic E-state index is 12.1. The maximum Gasteiger partial charge on any atom is 0.407 e. The van der Waals surface area contributed by atoms with Crippen molar-refractivity contribution in [2.45, 2.75) is 70.3 Å². The van der Waals surface area contributed by atoms with Crippen molar-refractivity contribution < 1.29 is 29.0 Å². The summed E-state index contributed by atoms with van der Waals surface area (Å²) < 4.78 is 5.12. The van der Waals surface area contributed by atoms with Gasteiger partial charge in [0, 0.05) is 31.7 Å². The molecule has 0 bridgehead atoms. The number of rotatable bonds is 8. The number of unbranched alkanes of at least 4 members (excludes halogenated alkanes) is 1. The van der Waals surface area contributed by atoms with Gasteiger partial charge < -0.3 is 20.1 Å². The van der Waals surface area contributed by atoms with E-state index in [9.17, 15) is 24.3 Å². The molecular formula is C17H28N2O6S. The third kappa shape index (κ3) is 8.07. The quantitative estimate of drug-likeness (QED) is 0.612. The topological polar surface area (TPSA) is 113 Å². The van der Waals surface area contributed by atoms with E-state index in [0.717, 1.165) is 11.8 Å². The fraction of sp³-hybridized carbons (Fsp3) is 0.765. The van der Waals surface area contributed by atoms with Crippen LogP contribution in [0.5, 0.6) is 0 Å². The number of alkyl carbamates (subject to hydrolysis) is 1. The lowest BCUT2D eigenvalue weighted by Crippen LogP contribution is -2.42. The molecule has 1 saturated heterocycles. The number of hydrogen-bond donors (Lipinski definition) is 2. The van der Waals surface area contributed by atoms with Gasteiger partial charge in [0.25, 0.3) is 0 Å². The molecule has 0 aromatic carbocycles. The number of carboxylic acid groups (broad SMARTS) is 1. The molecule has 1 fully saturated rings. The van der Waals surface area contributed by atoms with Crippen molar-refractivity contribution in [2.24, 2.45) is 0 Å². The minimum Gasteiger partial charge on any atom is -0.480 e. The summed E-state index contributed by atoms with van der Waals surface area (Å²) in [4.78, 5) is 47.7. The highest BCUT2D eigenvalue weighted by atomic mass is 32.2. The number of nitrogens with zero attached hydrogens (tertiary/aromatic N) is 1. The van der Waals surface area contributed by atoms with Crippen LogP contribution in [0.2, 0.25) is 0 Å². The Morgan fingerprint density at radius 1 is 1.35 bits per heavy atom. The molecule has 0 aliphatic carbocycles. The Balaban J connectivity index is 2.40. The van der Waals surface area contributed by atoms with Gasteiger partial charge in [-0.1, -0.05) is 11.8 Å². The summed E-state index contributed by atoms with van der Waals surface area (Å²) in [7, 11) is 0. The van der Waals surface area contributed by atoms with Gasteiger partial charge in [0.1, 0.15) is 11.6 Å². The van der Waals surface area contributed by atoms with Crippen molar-refractivity contribution in [3.05, 3.63) is 0 Å². The van der Waals surface area contributed by atoms with Crippen molar-refractivity contribution in [1.29, 1.82) is 0 Å². The number of nitrogens with one attached hydrogen (secondary N) is 1. The lowest BCUT2D eigenvalue weighted by Gasteiger charge is -2.24. The second-order valence-electron chi connectivity index (χ2n) is 7.26. The molecule has 0 radical (unpaired) electrons. The van der Waals surface area contributed by atoms with Crippen molar-refractivity contribution in [3.63, 3.8) is 0 Å². The SMILES string of the molecule is CC(=O)SC1CC(=O)N([C@@H](CCCCNC(=O)OC(C)(C)C)C(=O)O)C1. The Labute approximate surface area is 158 Å². The van der Waals surface area contributed by atoms with Gasteiger partial charge in [-0.15, -0.1) is 0 Å². The molecule has 0 saturated carbocycles. The average molecular weight is 388 g/mol. The lowest BCUT2D eigenvalue weighted by atomic mass is 10.1. The number of thioether (sulfide) groups is 1. The number of carbonyl (C=O) groups is 4. The molecule has 0 aromatic rings. The molecule has 0 spiro atoms. The van der Waals surface area contributed by atoms with E-state index in [1.54, 1.807) is 20.8 Å². The summed E-state index contributed by atoms with van der Waals surface area (Å²) in [5, 5.41) is 11.8. The van der Waals surface area contributed by atoms with Crippen LogP contribution >= 0.6 is 11.8 Å². The minimum atomic E-state index is -1.05. The van der Waals surface area contributed by atoms with Crippen LogP contribution in [0.25, 0.3) is 0 Å². The predicted molar refractivity (Wildman–Crippen MR) is 97.9 cm³/mol. The molecular weight excluding hydrogens is 360 g/mol. The second kappa shape index (κ2) is 9.80. The highest BCUT2D eigenvalue weighted by molar-refractivity contribution is 8.14. The minimum absolute atomic E-state index is 0.0789. The van der Waals surface area contributed by atoms with Crippen LogP contribution in [0.15, 0.2) is 0 Å². The van der Waals surface area contributed by atoms with E-state index in [-0.39, 0.29) is 29.2 Å². The van der Waals surface area contributed by atoms with Crippen molar-refractivity contribution >= 4 is 34.8 Å². The smallest absolute Gasteiger partial charge is 0.407 e. The molecule has 1 unspecified atom stereocenters. The van der Waals surface area contributed by atoms with Gasteiger partial charge in [0.2, 0.25) is 5.91 Å². The zero-order valence-corrected chi connectivity index (χ0v) is 16.6. The van der Waals surface area contributed by atoms with Crippen LogP contribution in [0.4, 0.5) is 4.79 Å². The van der Waals surface area contributed by atoms with Crippen molar-refractivity contribution in [3.8, 4) is 0 Å². The fourth-order valence-electron chi connectivity index (χ4n) is 2.69. The molecule has 8 nitrogen and oxygen atoms in total. The Morgan fingerprint density at radius 3 is 2.54 bits per heavy atom.